The maximum Gasteiger partial charge on any atom is 0.246 e. The topological polar surface area (TPSA) is 52.3 Å². The number of hydrogen-bond donors (Lipinski definition) is 1. The van der Waals surface area contributed by atoms with Gasteiger partial charge in [0.2, 0.25) is 5.91 Å². The van der Waals surface area contributed by atoms with Gasteiger partial charge in [-0.05, 0) is 25.2 Å². The molecule has 0 heterocycles. The first-order valence-electron chi connectivity index (χ1n) is 5.15. The monoisotopic (exact) mass is 185 g/mol. The first kappa shape index (κ1) is 10.5. The molecule has 1 rings (SSSR count). The van der Waals surface area contributed by atoms with Crippen LogP contribution in [0.3, 0.4) is 0 Å². The lowest BCUT2D eigenvalue weighted by atomic mass is 10.1. The second-order valence-corrected chi connectivity index (χ2v) is 3.78. The zero-order valence-electron chi connectivity index (χ0n) is 8.29. The number of nitrogens with two attached hydrogens (primary N) is 1. The Morgan fingerprint density at radius 2 is 2.15 bits per heavy atom. The summed E-state index contributed by atoms with van der Waals surface area (Å²) >= 11 is 0. The van der Waals surface area contributed by atoms with E-state index in [1.807, 2.05) is 6.92 Å². The molecule has 0 aromatic rings. The molecule has 1 unspecified atom stereocenters. The smallest absolute Gasteiger partial charge is 0.246 e. The Hall–Kier alpha value is -0.570. The van der Waals surface area contributed by atoms with E-state index >= 15 is 0 Å². The molecule has 1 aliphatic carbocycles. The number of carbonyl (C=O) groups excluding carboxylic acids is 1. The number of hydrogen-bond acceptors (Lipinski definition) is 2. The summed E-state index contributed by atoms with van der Waals surface area (Å²) in [4.78, 5) is 10.8. The molecule has 1 amide bonds. The quantitative estimate of drug-likeness (QED) is 0.705. The average Bonchev–Trinajstić information content (AvgIpc) is 2.57. The summed E-state index contributed by atoms with van der Waals surface area (Å²) in [6.07, 6.45) is 5.41. The van der Waals surface area contributed by atoms with Gasteiger partial charge in [-0.15, -0.1) is 0 Å². The fourth-order valence-electron chi connectivity index (χ4n) is 1.83. The number of amides is 1. The summed E-state index contributed by atoms with van der Waals surface area (Å²) in [5.41, 5.74) is 5.17. The summed E-state index contributed by atoms with van der Waals surface area (Å²) < 4.78 is 5.46. The molecule has 1 fully saturated rings. The lowest BCUT2D eigenvalue weighted by Gasteiger charge is -2.15. The summed E-state index contributed by atoms with van der Waals surface area (Å²) in [5.74, 6) is 0.328. The van der Waals surface area contributed by atoms with Gasteiger partial charge in [-0.2, -0.15) is 0 Å². The summed E-state index contributed by atoms with van der Waals surface area (Å²) in [6, 6.07) is 0. The van der Waals surface area contributed by atoms with Crippen LogP contribution >= 0.6 is 0 Å². The van der Waals surface area contributed by atoms with Gasteiger partial charge in [-0.1, -0.05) is 19.8 Å². The molecule has 0 aliphatic heterocycles. The van der Waals surface area contributed by atoms with Crippen molar-refractivity contribution >= 4 is 5.91 Å². The minimum Gasteiger partial charge on any atom is -0.368 e. The summed E-state index contributed by atoms with van der Waals surface area (Å²) in [6.45, 7) is 2.63. The largest absolute Gasteiger partial charge is 0.368 e. The van der Waals surface area contributed by atoms with Crippen LogP contribution in [0.1, 0.15) is 39.0 Å². The van der Waals surface area contributed by atoms with Crippen LogP contribution in [-0.4, -0.2) is 18.6 Å². The van der Waals surface area contributed by atoms with Crippen molar-refractivity contribution in [1.29, 1.82) is 0 Å². The second-order valence-electron chi connectivity index (χ2n) is 3.78. The predicted octanol–water partition coefficient (Wildman–Crippen LogP) is 1.46. The van der Waals surface area contributed by atoms with Gasteiger partial charge in [0.1, 0.15) is 6.10 Å². The van der Waals surface area contributed by atoms with E-state index in [9.17, 15) is 4.79 Å². The Labute approximate surface area is 79.6 Å². The molecule has 2 N–H and O–H groups in total. The number of primary amides is 1. The normalized spacial score (nSPS) is 20.4. The van der Waals surface area contributed by atoms with Crippen molar-refractivity contribution in [3.63, 3.8) is 0 Å². The highest BCUT2D eigenvalue weighted by Crippen LogP contribution is 2.25. The highest BCUT2D eigenvalue weighted by atomic mass is 16.5. The highest BCUT2D eigenvalue weighted by Gasteiger charge is 2.19. The maximum atomic E-state index is 10.8. The number of carbonyl (C=O) groups is 1. The van der Waals surface area contributed by atoms with Gasteiger partial charge in [-0.25, -0.2) is 0 Å². The van der Waals surface area contributed by atoms with E-state index in [-0.39, 0.29) is 12.0 Å². The van der Waals surface area contributed by atoms with E-state index in [2.05, 4.69) is 0 Å². The Kier molecular flexibility index (Phi) is 4.22. The molecular formula is C10H19NO2. The Balaban J connectivity index is 2.18. The standard InChI is InChI=1S/C10H19NO2/c1-2-9(10(11)12)13-7-8-5-3-4-6-8/h8-9H,2-7H2,1H3,(H2,11,12). The van der Waals surface area contributed by atoms with Gasteiger partial charge in [0.15, 0.2) is 0 Å². The highest BCUT2D eigenvalue weighted by molar-refractivity contribution is 5.78. The lowest BCUT2D eigenvalue weighted by Crippen LogP contribution is -2.31. The van der Waals surface area contributed by atoms with Crippen LogP contribution in [0.2, 0.25) is 0 Å². The molecule has 76 valence electrons. The Bertz CT molecular complexity index is 164. The molecule has 1 atom stereocenters. The van der Waals surface area contributed by atoms with Crippen molar-refractivity contribution in [3.8, 4) is 0 Å². The third kappa shape index (κ3) is 3.35. The summed E-state index contributed by atoms with van der Waals surface area (Å²) in [7, 11) is 0. The summed E-state index contributed by atoms with van der Waals surface area (Å²) in [5, 5.41) is 0. The molecule has 0 aromatic heterocycles. The van der Waals surface area contributed by atoms with E-state index in [0.29, 0.717) is 18.9 Å². The van der Waals surface area contributed by atoms with E-state index in [0.717, 1.165) is 0 Å². The molecule has 13 heavy (non-hydrogen) atoms. The van der Waals surface area contributed by atoms with Gasteiger partial charge in [0, 0.05) is 0 Å². The van der Waals surface area contributed by atoms with Gasteiger partial charge in [0.05, 0.1) is 6.61 Å². The second kappa shape index (κ2) is 5.22. The van der Waals surface area contributed by atoms with Crippen LogP contribution in [-0.2, 0) is 9.53 Å². The Morgan fingerprint density at radius 3 is 2.62 bits per heavy atom. The van der Waals surface area contributed by atoms with Crippen molar-refractivity contribution in [2.75, 3.05) is 6.61 Å². The van der Waals surface area contributed by atoms with E-state index in [4.69, 9.17) is 10.5 Å². The maximum absolute atomic E-state index is 10.8. The molecule has 0 saturated heterocycles. The van der Waals surface area contributed by atoms with Crippen molar-refractivity contribution in [3.05, 3.63) is 0 Å². The van der Waals surface area contributed by atoms with E-state index in [1.54, 1.807) is 0 Å². The van der Waals surface area contributed by atoms with Crippen molar-refractivity contribution in [2.45, 2.75) is 45.1 Å². The number of rotatable bonds is 5. The molecule has 0 radical (unpaired) electrons. The van der Waals surface area contributed by atoms with Gasteiger partial charge in [-0.3, -0.25) is 4.79 Å². The molecule has 0 bridgehead atoms. The van der Waals surface area contributed by atoms with Crippen molar-refractivity contribution in [2.24, 2.45) is 11.7 Å². The van der Waals surface area contributed by atoms with E-state index < -0.39 is 0 Å². The minimum absolute atomic E-state index is 0.333. The zero-order valence-corrected chi connectivity index (χ0v) is 8.29. The third-order valence-electron chi connectivity index (χ3n) is 2.70. The molecule has 1 saturated carbocycles. The van der Waals surface area contributed by atoms with Gasteiger partial charge in [0.25, 0.3) is 0 Å². The van der Waals surface area contributed by atoms with Crippen molar-refractivity contribution < 1.29 is 9.53 Å². The predicted molar refractivity (Wildman–Crippen MR) is 51.2 cm³/mol. The molecule has 3 heteroatoms. The van der Waals surface area contributed by atoms with Crippen LogP contribution in [0.4, 0.5) is 0 Å². The number of ether oxygens (including phenoxy) is 1. The van der Waals surface area contributed by atoms with Crippen LogP contribution in [0.5, 0.6) is 0 Å². The average molecular weight is 185 g/mol. The molecular weight excluding hydrogens is 166 g/mol. The SMILES string of the molecule is CCC(OCC1CCCC1)C(N)=O. The van der Waals surface area contributed by atoms with Gasteiger partial charge < -0.3 is 10.5 Å². The zero-order chi connectivity index (χ0) is 9.68. The first-order valence-corrected chi connectivity index (χ1v) is 5.15. The minimum atomic E-state index is -0.374. The first-order chi connectivity index (χ1) is 6.24. The van der Waals surface area contributed by atoms with E-state index in [1.165, 1.54) is 25.7 Å². The van der Waals surface area contributed by atoms with Gasteiger partial charge >= 0.3 is 0 Å². The fraction of sp³-hybridized carbons (Fsp3) is 0.900. The van der Waals surface area contributed by atoms with Crippen LogP contribution in [0.25, 0.3) is 0 Å². The fourth-order valence-corrected chi connectivity index (χ4v) is 1.83. The van der Waals surface area contributed by atoms with Crippen molar-refractivity contribution in [1.82, 2.24) is 0 Å². The third-order valence-corrected chi connectivity index (χ3v) is 2.70. The Morgan fingerprint density at radius 1 is 1.54 bits per heavy atom. The van der Waals surface area contributed by atoms with Crippen LogP contribution < -0.4 is 5.73 Å². The van der Waals surface area contributed by atoms with Crippen LogP contribution in [0, 0.1) is 5.92 Å². The molecule has 1 aliphatic rings. The lowest BCUT2D eigenvalue weighted by molar-refractivity contribution is -0.130. The van der Waals surface area contributed by atoms with Crippen LogP contribution in [0.15, 0.2) is 0 Å². The molecule has 0 spiro atoms. The molecule has 0 aromatic carbocycles. The molecule has 3 nitrogen and oxygen atoms in total.